The summed E-state index contributed by atoms with van der Waals surface area (Å²) >= 11 is 5.96. The monoisotopic (exact) mass is 312 g/mol. The van der Waals surface area contributed by atoms with Crippen molar-refractivity contribution in [3.05, 3.63) is 52.8 Å². The number of benzene rings is 1. The van der Waals surface area contributed by atoms with Gasteiger partial charge >= 0.3 is 0 Å². The Labute approximate surface area is 128 Å². The first-order chi connectivity index (χ1) is 10.0. The van der Waals surface area contributed by atoms with E-state index >= 15 is 0 Å². The summed E-state index contributed by atoms with van der Waals surface area (Å²) in [5.41, 5.74) is 2.52. The maximum atomic E-state index is 14.4. The van der Waals surface area contributed by atoms with Crippen LogP contribution in [0.4, 0.5) is 8.78 Å². The highest BCUT2D eigenvalue weighted by Crippen LogP contribution is 2.31. The van der Waals surface area contributed by atoms with Crippen molar-refractivity contribution in [2.75, 3.05) is 0 Å². The second-order valence-electron chi connectivity index (χ2n) is 4.94. The fraction of sp³-hybridized carbons (Fsp3) is 0.438. The predicted octanol–water partition coefficient (Wildman–Crippen LogP) is 4.54. The van der Waals surface area contributed by atoms with Crippen molar-refractivity contribution in [2.45, 2.75) is 45.0 Å². The van der Waals surface area contributed by atoms with Crippen molar-refractivity contribution in [2.24, 2.45) is 0 Å². The van der Waals surface area contributed by atoms with Crippen LogP contribution >= 0.6 is 11.6 Å². The molecule has 2 aromatic rings. The van der Waals surface area contributed by atoms with E-state index in [2.05, 4.69) is 5.10 Å². The van der Waals surface area contributed by atoms with Gasteiger partial charge in [0.1, 0.15) is 6.54 Å². The fourth-order valence-electron chi connectivity index (χ4n) is 2.52. The van der Waals surface area contributed by atoms with E-state index in [1.165, 1.54) is 16.8 Å². The van der Waals surface area contributed by atoms with Gasteiger partial charge in [-0.25, -0.2) is 0 Å². The molecule has 0 N–H and O–H groups in total. The number of alkyl halides is 3. The van der Waals surface area contributed by atoms with Gasteiger partial charge in [0.2, 0.25) is 0 Å². The lowest BCUT2D eigenvalue weighted by Gasteiger charge is -2.18. The standard InChI is InChI=1S/C16H19ClF2N2/c1-3-14-13(10-17)15(4-2)21(20-14)11-16(18,19)12-8-6-5-7-9-12/h5-9H,3-4,10-11H2,1-2H3. The molecule has 0 aliphatic rings. The molecule has 2 nitrogen and oxygen atoms in total. The van der Waals surface area contributed by atoms with Crippen molar-refractivity contribution < 1.29 is 8.78 Å². The van der Waals surface area contributed by atoms with Crippen LogP contribution in [0, 0.1) is 0 Å². The summed E-state index contributed by atoms with van der Waals surface area (Å²) in [7, 11) is 0. The molecule has 0 spiro atoms. The van der Waals surface area contributed by atoms with Crippen LogP contribution in [0.15, 0.2) is 30.3 Å². The molecule has 0 fully saturated rings. The Bertz CT molecular complexity index is 594. The molecule has 0 bridgehead atoms. The Morgan fingerprint density at radius 2 is 1.81 bits per heavy atom. The number of nitrogens with zero attached hydrogens (tertiary/aromatic N) is 2. The van der Waals surface area contributed by atoms with Crippen LogP contribution in [0.1, 0.15) is 36.4 Å². The van der Waals surface area contributed by atoms with Crippen LogP contribution < -0.4 is 0 Å². The summed E-state index contributed by atoms with van der Waals surface area (Å²) in [6.45, 7) is 3.44. The third kappa shape index (κ3) is 3.26. The number of aryl methyl sites for hydroxylation is 1. The largest absolute Gasteiger partial charge is 0.292 e. The molecule has 5 heteroatoms. The molecule has 1 aromatic carbocycles. The maximum Gasteiger partial charge on any atom is 0.292 e. The first kappa shape index (κ1) is 16.0. The highest BCUT2D eigenvalue weighted by Gasteiger charge is 2.33. The molecule has 0 saturated heterocycles. The molecule has 0 aliphatic heterocycles. The molecule has 2 rings (SSSR count). The molecule has 114 valence electrons. The number of aromatic nitrogens is 2. The lowest BCUT2D eigenvalue weighted by molar-refractivity contribution is -0.0261. The Morgan fingerprint density at radius 1 is 1.14 bits per heavy atom. The van der Waals surface area contributed by atoms with E-state index in [1.807, 2.05) is 13.8 Å². The Kier molecular flexibility index (Phi) is 4.99. The number of hydrogen-bond acceptors (Lipinski definition) is 1. The van der Waals surface area contributed by atoms with Crippen molar-refractivity contribution >= 4 is 11.6 Å². The predicted molar refractivity (Wildman–Crippen MR) is 80.9 cm³/mol. The normalized spacial score (nSPS) is 11.9. The van der Waals surface area contributed by atoms with Crippen LogP contribution in [-0.4, -0.2) is 9.78 Å². The van der Waals surface area contributed by atoms with Gasteiger partial charge in [-0.15, -0.1) is 11.6 Å². The summed E-state index contributed by atoms with van der Waals surface area (Å²) < 4.78 is 30.2. The Balaban J connectivity index is 2.37. The molecule has 1 aromatic heterocycles. The van der Waals surface area contributed by atoms with Crippen LogP contribution in [-0.2, 0) is 31.2 Å². The average Bonchev–Trinajstić information content (AvgIpc) is 2.84. The van der Waals surface area contributed by atoms with E-state index in [0.29, 0.717) is 18.7 Å². The summed E-state index contributed by atoms with van der Waals surface area (Å²) in [4.78, 5) is 0. The third-order valence-corrected chi connectivity index (χ3v) is 3.86. The molecule has 0 aliphatic carbocycles. The molecular weight excluding hydrogens is 294 g/mol. The zero-order valence-electron chi connectivity index (χ0n) is 12.2. The zero-order valence-corrected chi connectivity index (χ0v) is 13.0. The lowest BCUT2D eigenvalue weighted by Crippen LogP contribution is -2.23. The lowest BCUT2D eigenvalue weighted by atomic mass is 10.1. The van der Waals surface area contributed by atoms with Gasteiger partial charge < -0.3 is 0 Å². The molecule has 0 unspecified atom stereocenters. The minimum Gasteiger partial charge on any atom is -0.263 e. The second kappa shape index (κ2) is 6.56. The summed E-state index contributed by atoms with van der Waals surface area (Å²) in [5, 5.41) is 4.33. The first-order valence-electron chi connectivity index (χ1n) is 7.10. The second-order valence-corrected chi connectivity index (χ2v) is 5.21. The van der Waals surface area contributed by atoms with Gasteiger partial charge in [0.25, 0.3) is 5.92 Å². The first-order valence-corrected chi connectivity index (χ1v) is 7.63. The van der Waals surface area contributed by atoms with E-state index in [9.17, 15) is 8.78 Å². The van der Waals surface area contributed by atoms with Crippen molar-refractivity contribution in [1.29, 1.82) is 0 Å². The van der Waals surface area contributed by atoms with Gasteiger partial charge in [-0.05, 0) is 12.8 Å². The summed E-state index contributed by atoms with van der Waals surface area (Å²) in [6, 6.07) is 7.85. The van der Waals surface area contributed by atoms with Gasteiger partial charge in [0, 0.05) is 16.8 Å². The smallest absolute Gasteiger partial charge is 0.263 e. The number of halogens is 3. The number of hydrogen-bond donors (Lipinski definition) is 0. The van der Waals surface area contributed by atoms with Gasteiger partial charge in [0.15, 0.2) is 0 Å². The van der Waals surface area contributed by atoms with Crippen LogP contribution in [0.5, 0.6) is 0 Å². The van der Waals surface area contributed by atoms with Crippen molar-refractivity contribution in [3.8, 4) is 0 Å². The number of rotatable bonds is 6. The average molecular weight is 313 g/mol. The van der Waals surface area contributed by atoms with Gasteiger partial charge in [0.05, 0.1) is 11.6 Å². The van der Waals surface area contributed by atoms with E-state index in [0.717, 1.165) is 17.0 Å². The van der Waals surface area contributed by atoms with Crippen LogP contribution in [0.25, 0.3) is 0 Å². The van der Waals surface area contributed by atoms with E-state index in [1.54, 1.807) is 18.2 Å². The summed E-state index contributed by atoms with van der Waals surface area (Å²) in [5.74, 6) is -2.64. The molecule has 0 saturated carbocycles. The highest BCUT2D eigenvalue weighted by atomic mass is 35.5. The molecular formula is C16H19ClF2N2. The zero-order chi connectivity index (χ0) is 15.5. The minimum absolute atomic E-state index is 0.00743. The van der Waals surface area contributed by atoms with Crippen molar-refractivity contribution in [1.82, 2.24) is 9.78 Å². The van der Waals surface area contributed by atoms with Crippen molar-refractivity contribution in [3.63, 3.8) is 0 Å². The van der Waals surface area contributed by atoms with E-state index in [-0.39, 0.29) is 5.56 Å². The third-order valence-electron chi connectivity index (χ3n) is 3.60. The van der Waals surface area contributed by atoms with Crippen LogP contribution in [0.3, 0.4) is 0 Å². The van der Waals surface area contributed by atoms with E-state index < -0.39 is 12.5 Å². The highest BCUT2D eigenvalue weighted by molar-refractivity contribution is 6.17. The SMILES string of the molecule is CCc1nn(CC(F)(F)c2ccccc2)c(CC)c1CCl. The van der Waals surface area contributed by atoms with Gasteiger partial charge in [-0.2, -0.15) is 13.9 Å². The summed E-state index contributed by atoms with van der Waals surface area (Å²) in [6.07, 6.45) is 1.33. The topological polar surface area (TPSA) is 17.8 Å². The fourth-order valence-corrected chi connectivity index (χ4v) is 2.82. The molecule has 21 heavy (non-hydrogen) atoms. The van der Waals surface area contributed by atoms with E-state index in [4.69, 9.17) is 11.6 Å². The maximum absolute atomic E-state index is 14.4. The van der Waals surface area contributed by atoms with Crippen LogP contribution in [0.2, 0.25) is 0 Å². The Hall–Kier alpha value is -1.42. The minimum atomic E-state index is -2.95. The molecule has 1 heterocycles. The van der Waals surface area contributed by atoms with Gasteiger partial charge in [-0.1, -0.05) is 44.2 Å². The molecule has 0 amide bonds. The quantitative estimate of drug-likeness (QED) is 0.716. The van der Waals surface area contributed by atoms with Gasteiger partial charge in [-0.3, -0.25) is 4.68 Å². The Morgan fingerprint density at radius 3 is 2.33 bits per heavy atom. The molecule has 0 radical (unpaired) electrons. The molecule has 0 atom stereocenters.